The number of aromatic nitrogens is 1. The van der Waals surface area contributed by atoms with Crippen LogP contribution in [0.4, 0.5) is 0 Å². The second-order valence-corrected chi connectivity index (χ2v) is 7.48. The molecule has 1 saturated carbocycles. The summed E-state index contributed by atoms with van der Waals surface area (Å²) in [5, 5.41) is 3.59. The monoisotopic (exact) mass is 274 g/mol. The SMILES string of the molecule is Cc1cccc(CNCC2CCC(C(C)(C)C)CC2)n1. The molecule has 2 heteroatoms. The van der Waals surface area contributed by atoms with Crippen LogP contribution in [-0.2, 0) is 6.54 Å². The lowest BCUT2D eigenvalue weighted by atomic mass is 9.70. The zero-order valence-electron chi connectivity index (χ0n) is 13.6. The Morgan fingerprint density at radius 1 is 1.15 bits per heavy atom. The molecule has 1 aliphatic rings. The van der Waals surface area contributed by atoms with Gasteiger partial charge in [-0.3, -0.25) is 4.98 Å². The van der Waals surface area contributed by atoms with E-state index < -0.39 is 0 Å². The van der Waals surface area contributed by atoms with Gasteiger partial charge < -0.3 is 5.32 Å². The molecule has 0 saturated heterocycles. The second-order valence-electron chi connectivity index (χ2n) is 7.48. The summed E-state index contributed by atoms with van der Waals surface area (Å²) in [4.78, 5) is 4.54. The lowest BCUT2D eigenvalue weighted by molar-refractivity contribution is 0.149. The first-order chi connectivity index (χ1) is 9.45. The summed E-state index contributed by atoms with van der Waals surface area (Å²) in [5.74, 6) is 1.77. The van der Waals surface area contributed by atoms with E-state index in [0.717, 1.165) is 36.3 Å². The third-order valence-corrected chi connectivity index (χ3v) is 4.76. The van der Waals surface area contributed by atoms with Gasteiger partial charge in [0.1, 0.15) is 0 Å². The van der Waals surface area contributed by atoms with Crippen molar-refractivity contribution in [3.05, 3.63) is 29.6 Å². The number of nitrogens with one attached hydrogen (secondary N) is 1. The molecule has 20 heavy (non-hydrogen) atoms. The summed E-state index contributed by atoms with van der Waals surface area (Å²) in [6.45, 7) is 11.3. The first kappa shape index (κ1) is 15.5. The van der Waals surface area contributed by atoms with Crippen molar-refractivity contribution in [2.75, 3.05) is 6.54 Å². The Bertz CT molecular complexity index is 412. The number of pyridine rings is 1. The lowest BCUT2D eigenvalue weighted by Crippen LogP contribution is -2.30. The number of hydrogen-bond donors (Lipinski definition) is 1. The molecule has 112 valence electrons. The molecule has 0 atom stereocenters. The predicted octanol–water partition coefficient (Wildman–Crippen LogP) is 4.33. The number of aryl methyl sites for hydroxylation is 1. The van der Waals surface area contributed by atoms with E-state index in [1.54, 1.807) is 0 Å². The molecule has 0 amide bonds. The van der Waals surface area contributed by atoms with E-state index in [-0.39, 0.29) is 0 Å². The summed E-state index contributed by atoms with van der Waals surface area (Å²) in [6, 6.07) is 6.25. The Morgan fingerprint density at radius 3 is 2.45 bits per heavy atom. The van der Waals surface area contributed by atoms with Crippen molar-refractivity contribution in [2.24, 2.45) is 17.3 Å². The highest BCUT2D eigenvalue weighted by Gasteiger charge is 2.29. The quantitative estimate of drug-likeness (QED) is 0.884. The van der Waals surface area contributed by atoms with E-state index in [1.165, 1.54) is 25.7 Å². The number of rotatable bonds is 4. The van der Waals surface area contributed by atoms with E-state index in [1.807, 2.05) is 0 Å². The van der Waals surface area contributed by atoms with Crippen LogP contribution in [0.1, 0.15) is 57.8 Å². The van der Waals surface area contributed by atoms with Crippen molar-refractivity contribution < 1.29 is 0 Å². The Hall–Kier alpha value is -0.890. The molecule has 0 radical (unpaired) electrons. The molecule has 1 heterocycles. The Balaban J connectivity index is 1.69. The third kappa shape index (κ3) is 4.59. The summed E-state index contributed by atoms with van der Waals surface area (Å²) in [5.41, 5.74) is 2.76. The molecule has 0 bridgehead atoms. The van der Waals surface area contributed by atoms with E-state index in [4.69, 9.17) is 0 Å². The molecule has 1 fully saturated rings. The van der Waals surface area contributed by atoms with Crippen LogP contribution < -0.4 is 5.32 Å². The van der Waals surface area contributed by atoms with Gasteiger partial charge in [-0.1, -0.05) is 26.8 Å². The number of nitrogens with zero attached hydrogens (tertiary/aromatic N) is 1. The molecule has 2 rings (SSSR count). The molecule has 0 aromatic carbocycles. The van der Waals surface area contributed by atoms with Gasteiger partial charge in [0.2, 0.25) is 0 Å². The zero-order chi connectivity index (χ0) is 14.6. The van der Waals surface area contributed by atoms with Crippen LogP contribution in [-0.4, -0.2) is 11.5 Å². The summed E-state index contributed by atoms with van der Waals surface area (Å²) in [6.07, 6.45) is 5.57. The lowest BCUT2D eigenvalue weighted by Gasteiger charge is -2.37. The van der Waals surface area contributed by atoms with Crippen LogP contribution in [0.2, 0.25) is 0 Å². The van der Waals surface area contributed by atoms with Gasteiger partial charge in [0.15, 0.2) is 0 Å². The van der Waals surface area contributed by atoms with Crippen molar-refractivity contribution in [3.8, 4) is 0 Å². The second kappa shape index (κ2) is 6.71. The van der Waals surface area contributed by atoms with Crippen molar-refractivity contribution in [1.29, 1.82) is 0 Å². The van der Waals surface area contributed by atoms with Crippen LogP contribution in [0.3, 0.4) is 0 Å². The van der Waals surface area contributed by atoms with Gasteiger partial charge in [-0.05, 0) is 68.5 Å². The average molecular weight is 274 g/mol. The highest BCUT2D eigenvalue weighted by Crippen LogP contribution is 2.39. The van der Waals surface area contributed by atoms with Crippen molar-refractivity contribution >= 4 is 0 Å². The normalized spacial score (nSPS) is 23.8. The Morgan fingerprint density at radius 2 is 1.85 bits per heavy atom. The molecule has 1 aliphatic carbocycles. The van der Waals surface area contributed by atoms with Gasteiger partial charge >= 0.3 is 0 Å². The maximum atomic E-state index is 4.54. The summed E-state index contributed by atoms with van der Waals surface area (Å²) < 4.78 is 0. The van der Waals surface area contributed by atoms with Crippen LogP contribution in [0.5, 0.6) is 0 Å². The third-order valence-electron chi connectivity index (χ3n) is 4.76. The van der Waals surface area contributed by atoms with E-state index in [9.17, 15) is 0 Å². The zero-order valence-corrected chi connectivity index (χ0v) is 13.6. The minimum absolute atomic E-state index is 0.490. The molecule has 1 aromatic heterocycles. The van der Waals surface area contributed by atoms with Gasteiger partial charge in [-0.15, -0.1) is 0 Å². The first-order valence-corrected chi connectivity index (χ1v) is 8.08. The van der Waals surface area contributed by atoms with Gasteiger partial charge in [-0.25, -0.2) is 0 Å². The van der Waals surface area contributed by atoms with Gasteiger partial charge in [0.05, 0.1) is 5.69 Å². The van der Waals surface area contributed by atoms with Crippen LogP contribution in [0.25, 0.3) is 0 Å². The summed E-state index contributed by atoms with van der Waals surface area (Å²) in [7, 11) is 0. The molecule has 1 N–H and O–H groups in total. The highest BCUT2D eigenvalue weighted by atomic mass is 14.9. The fourth-order valence-electron chi connectivity index (χ4n) is 3.33. The van der Waals surface area contributed by atoms with Crippen LogP contribution >= 0.6 is 0 Å². The highest BCUT2D eigenvalue weighted by molar-refractivity contribution is 5.09. The smallest absolute Gasteiger partial charge is 0.0544 e. The van der Waals surface area contributed by atoms with Gasteiger partial charge in [-0.2, -0.15) is 0 Å². The van der Waals surface area contributed by atoms with Crippen molar-refractivity contribution in [3.63, 3.8) is 0 Å². The molecular weight excluding hydrogens is 244 g/mol. The standard InChI is InChI=1S/C18H30N2/c1-14-6-5-7-17(20-14)13-19-12-15-8-10-16(11-9-15)18(2,3)4/h5-7,15-16,19H,8-13H2,1-4H3. The van der Waals surface area contributed by atoms with Gasteiger partial charge in [0, 0.05) is 12.2 Å². The molecule has 1 aromatic rings. The molecule has 0 unspecified atom stereocenters. The van der Waals surface area contributed by atoms with Crippen LogP contribution in [0.15, 0.2) is 18.2 Å². The predicted molar refractivity (Wildman–Crippen MR) is 85.6 cm³/mol. The minimum Gasteiger partial charge on any atom is -0.311 e. The maximum Gasteiger partial charge on any atom is 0.0544 e. The summed E-state index contributed by atoms with van der Waals surface area (Å²) >= 11 is 0. The maximum absolute atomic E-state index is 4.54. The van der Waals surface area contributed by atoms with E-state index >= 15 is 0 Å². The number of hydrogen-bond acceptors (Lipinski definition) is 2. The van der Waals surface area contributed by atoms with Gasteiger partial charge in [0.25, 0.3) is 0 Å². The topological polar surface area (TPSA) is 24.9 Å². The fraction of sp³-hybridized carbons (Fsp3) is 0.722. The Labute approximate surface area is 124 Å². The largest absolute Gasteiger partial charge is 0.311 e. The van der Waals surface area contributed by atoms with E-state index in [0.29, 0.717) is 5.41 Å². The van der Waals surface area contributed by atoms with Crippen molar-refractivity contribution in [1.82, 2.24) is 10.3 Å². The van der Waals surface area contributed by atoms with E-state index in [2.05, 4.69) is 56.2 Å². The van der Waals surface area contributed by atoms with Crippen molar-refractivity contribution in [2.45, 2.75) is 59.9 Å². The Kier molecular flexibility index (Phi) is 5.20. The fourth-order valence-corrected chi connectivity index (χ4v) is 3.33. The first-order valence-electron chi connectivity index (χ1n) is 8.08. The average Bonchev–Trinajstić information content (AvgIpc) is 2.38. The molecule has 0 spiro atoms. The molecule has 0 aliphatic heterocycles. The molecule has 2 nitrogen and oxygen atoms in total. The van der Waals surface area contributed by atoms with Crippen LogP contribution in [0, 0.1) is 24.2 Å². The molecular formula is C18H30N2. The minimum atomic E-state index is 0.490.